The number of amides is 1. The number of pyridine rings is 2. The van der Waals surface area contributed by atoms with Gasteiger partial charge in [0.15, 0.2) is 0 Å². The number of hydrogen-bond donors (Lipinski definition) is 1. The summed E-state index contributed by atoms with van der Waals surface area (Å²) < 4.78 is 7.59. The second kappa shape index (κ2) is 14.8. The molecule has 4 heterocycles. The highest BCUT2D eigenvalue weighted by Crippen LogP contribution is 2.28. The molecule has 41 heavy (non-hydrogen) atoms. The average Bonchev–Trinajstić information content (AvgIpc) is 3.54. The van der Waals surface area contributed by atoms with Crippen LogP contribution in [0.1, 0.15) is 82.8 Å². The van der Waals surface area contributed by atoms with Crippen LogP contribution in [0.25, 0.3) is 16.9 Å². The number of aliphatic hydroxyl groups excluding tert-OH is 1. The van der Waals surface area contributed by atoms with Crippen LogP contribution in [0.2, 0.25) is 0 Å². The number of aliphatic hydroxyl groups is 1. The van der Waals surface area contributed by atoms with E-state index < -0.39 is 0 Å². The quantitative estimate of drug-likeness (QED) is 0.255. The zero-order chi connectivity index (χ0) is 29.4. The van der Waals surface area contributed by atoms with E-state index in [2.05, 4.69) is 48.9 Å². The maximum absolute atomic E-state index is 13.8. The van der Waals surface area contributed by atoms with Gasteiger partial charge in [-0.2, -0.15) is 0 Å². The van der Waals surface area contributed by atoms with E-state index in [1.54, 1.807) is 6.20 Å². The van der Waals surface area contributed by atoms with E-state index in [1.807, 2.05) is 35.4 Å². The Morgan fingerprint density at radius 3 is 2.49 bits per heavy atom. The molecule has 0 aliphatic carbocycles. The fourth-order valence-corrected chi connectivity index (χ4v) is 5.55. The van der Waals surface area contributed by atoms with Crippen molar-refractivity contribution in [1.29, 1.82) is 0 Å². The van der Waals surface area contributed by atoms with Crippen molar-refractivity contribution in [3.63, 3.8) is 0 Å². The van der Waals surface area contributed by atoms with E-state index in [-0.39, 0.29) is 19.1 Å². The first-order valence-corrected chi connectivity index (χ1v) is 15.5. The smallest absolute Gasteiger partial charge is 0.255 e. The zero-order valence-electron chi connectivity index (χ0n) is 25.7. The monoisotopic (exact) mass is 563 g/mol. The van der Waals surface area contributed by atoms with Gasteiger partial charge in [-0.15, -0.1) is 0 Å². The van der Waals surface area contributed by atoms with Crippen LogP contribution in [0.3, 0.4) is 0 Å². The molecule has 1 N–H and O–H groups in total. The molecule has 1 fully saturated rings. The molecule has 3 aromatic heterocycles. The first-order valence-electron chi connectivity index (χ1n) is 15.5. The summed E-state index contributed by atoms with van der Waals surface area (Å²) in [6.45, 7) is 15.1. The van der Waals surface area contributed by atoms with Crippen LogP contribution >= 0.6 is 0 Å². The molecule has 1 saturated heterocycles. The summed E-state index contributed by atoms with van der Waals surface area (Å²) in [5, 5.41) is 9.06. The Kier molecular flexibility index (Phi) is 11.2. The maximum Gasteiger partial charge on any atom is 0.255 e. The number of nitrogens with zero attached hydrogens (tertiary/aromatic N) is 5. The Bertz CT molecular complexity index is 1240. The standard InChI is InChI=1S/C33H49N5O3/c1-24(2)14-18-37(19-15-25(3)4)33(40)28-10-12-30-35-32(27-11-13-31(34-22-27)41-21-20-39)29(38(30)23-28)9-7-17-36-16-6-8-26(36)5/h10-13,22-26,39H,6-9,14-21H2,1-5H3. The first-order chi connectivity index (χ1) is 19.8. The number of aryl methyl sites for hydroxylation is 1. The summed E-state index contributed by atoms with van der Waals surface area (Å²) >= 11 is 0. The van der Waals surface area contributed by atoms with Crippen LogP contribution in [0.5, 0.6) is 5.88 Å². The van der Waals surface area contributed by atoms with Crippen LogP contribution in [-0.4, -0.2) is 80.6 Å². The van der Waals surface area contributed by atoms with E-state index in [4.69, 9.17) is 14.8 Å². The third kappa shape index (κ3) is 8.29. The van der Waals surface area contributed by atoms with Gasteiger partial charge in [0, 0.05) is 43.2 Å². The summed E-state index contributed by atoms with van der Waals surface area (Å²) in [5.41, 5.74) is 4.44. The van der Waals surface area contributed by atoms with Crippen molar-refractivity contribution in [1.82, 2.24) is 24.2 Å². The second-order valence-corrected chi connectivity index (χ2v) is 12.3. The number of fused-ring (bicyclic) bond motifs is 1. The Morgan fingerprint density at radius 2 is 1.88 bits per heavy atom. The molecule has 1 amide bonds. The van der Waals surface area contributed by atoms with E-state index in [9.17, 15) is 4.79 Å². The van der Waals surface area contributed by atoms with Gasteiger partial charge in [-0.25, -0.2) is 9.97 Å². The number of rotatable bonds is 15. The zero-order valence-corrected chi connectivity index (χ0v) is 25.7. The third-order valence-electron chi connectivity index (χ3n) is 8.10. The minimum absolute atomic E-state index is 0.0525. The topological polar surface area (TPSA) is 83.2 Å². The second-order valence-electron chi connectivity index (χ2n) is 12.3. The predicted octanol–water partition coefficient (Wildman–Crippen LogP) is 5.72. The molecule has 0 spiro atoms. The number of imidazole rings is 1. The summed E-state index contributed by atoms with van der Waals surface area (Å²) in [5.74, 6) is 1.66. The number of ether oxygens (including phenoxy) is 1. The van der Waals surface area contributed by atoms with E-state index in [0.717, 1.165) is 67.9 Å². The van der Waals surface area contributed by atoms with Gasteiger partial charge in [-0.1, -0.05) is 27.7 Å². The van der Waals surface area contributed by atoms with Crippen LogP contribution in [0, 0.1) is 11.8 Å². The van der Waals surface area contributed by atoms with E-state index in [0.29, 0.717) is 29.3 Å². The van der Waals surface area contributed by atoms with Gasteiger partial charge in [0.05, 0.1) is 23.6 Å². The van der Waals surface area contributed by atoms with Crippen molar-refractivity contribution in [2.45, 2.75) is 79.2 Å². The Morgan fingerprint density at radius 1 is 1.12 bits per heavy atom. The first kappa shape index (κ1) is 31.0. The van der Waals surface area contributed by atoms with Gasteiger partial charge < -0.3 is 24.0 Å². The number of carbonyl (C=O) groups is 1. The number of likely N-dealkylation sites (tertiary alicyclic amines) is 1. The SMILES string of the molecule is CC(C)CCN(CCC(C)C)C(=O)c1ccc2nc(-c3ccc(OCCO)nc3)c(CCCN3CCCC3C)n2c1. The normalized spacial score (nSPS) is 15.9. The lowest BCUT2D eigenvalue weighted by atomic mass is 10.1. The van der Waals surface area contributed by atoms with Crippen LogP contribution in [0.4, 0.5) is 0 Å². The van der Waals surface area contributed by atoms with Crippen molar-refractivity contribution in [3.8, 4) is 17.1 Å². The van der Waals surface area contributed by atoms with Gasteiger partial charge in [-0.05, 0) is 88.6 Å². The summed E-state index contributed by atoms with van der Waals surface area (Å²) in [4.78, 5) is 27.9. The van der Waals surface area contributed by atoms with Crippen molar-refractivity contribution < 1.29 is 14.6 Å². The van der Waals surface area contributed by atoms with E-state index >= 15 is 0 Å². The largest absolute Gasteiger partial charge is 0.475 e. The fraction of sp³-hybridized carbons (Fsp3) is 0.606. The molecular weight excluding hydrogens is 514 g/mol. The van der Waals surface area contributed by atoms with Gasteiger partial charge in [0.1, 0.15) is 12.3 Å². The molecule has 1 unspecified atom stereocenters. The molecule has 0 radical (unpaired) electrons. The number of aromatic nitrogens is 3. The molecule has 1 aliphatic rings. The van der Waals surface area contributed by atoms with Crippen molar-refractivity contribution in [2.24, 2.45) is 11.8 Å². The molecule has 0 aromatic carbocycles. The van der Waals surface area contributed by atoms with Gasteiger partial charge in [-0.3, -0.25) is 4.79 Å². The Balaban J connectivity index is 1.65. The van der Waals surface area contributed by atoms with Crippen molar-refractivity contribution >= 4 is 11.6 Å². The molecular formula is C33H49N5O3. The summed E-state index contributed by atoms with van der Waals surface area (Å²) in [6, 6.07) is 8.32. The number of hydrogen-bond acceptors (Lipinski definition) is 6. The van der Waals surface area contributed by atoms with Gasteiger partial charge in [0.25, 0.3) is 5.91 Å². The molecule has 3 aromatic rings. The van der Waals surface area contributed by atoms with Gasteiger partial charge in [0.2, 0.25) is 5.88 Å². The van der Waals surface area contributed by atoms with Gasteiger partial charge >= 0.3 is 0 Å². The molecule has 4 rings (SSSR count). The van der Waals surface area contributed by atoms with Crippen LogP contribution < -0.4 is 4.74 Å². The lowest BCUT2D eigenvalue weighted by molar-refractivity contribution is 0.0740. The predicted molar refractivity (Wildman–Crippen MR) is 164 cm³/mol. The Hall–Kier alpha value is -2.97. The molecule has 224 valence electrons. The number of carbonyl (C=O) groups excluding carboxylic acids is 1. The molecule has 8 heteroatoms. The molecule has 0 saturated carbocycles. The lowest BCUT2D eigenvalue weighted by Gasteiger charge is -2.25. The van der Waals surface area contributed by atoms with Crippen LogP contribution in [0.15, 0.2) is 36.7 Å². The minimum Gasteiger partial charge on any atom is -0.475 e. The lowest BCUT2D eigenvalue weighted by Crippen LogP contribution is -2.34. The molecule has 8 nitrogen and oxygen atoms in total. The maximum atomic E-state index is 13.8. The highest BCUT2D eigenvalue weighted by Gasteiger charge is 2.22. The van der Waals surface area contributed by atoms with Crippen molar-refractivity contribution in [3.05, 3.63) is 47.9 Å². The van der Waals surface area contributed by atoms with Crippen molar-refractivity contribution in [2.75, 3.05) is 39.4 Å². The van der Waals surface area contributed by atoms with E-state index in [1.165, 1.54) is 19.4 Å². The summed E-state index contributed by atoms with van der Waals surface area (Å²) in [7, 11) is 0. The molecule has 0 bridgehead atoms. The Labute approximate surface area is 245 Å². The average molecular weight is 564 g/mol. The third-order valence-corrected chi connectivity index (χ3v) is 8.10. The molecule has 1 atom stereocenters. The highest BCUT2D eigenvalue weighted by molar-refractivity contribution is 5.94. The minimum atomic E-state index is -0.0525. The van der Waals surface area contributed by atoms with Crippen LogP contribution in [-0.2, 0) is 6.42 Å². The fourth-order valence-electron chi connectivity index (χ4n) is 5.55. The highest BCUT2D eigenvalue weighted by atomic mass is 16.5. The summed E-state index contributed by atoms with van der Waals surface area (Å²) in [6.07, 6.45) is 10.2. The molecule has 1 aliphatic heterocycles.